The van der Waals surface area contributed by atoms with Gasteiger partial charge in [-0.25, -0.2) is 0 Å². The molecule has 2 unspecified atom stereocenters. The number of hydrazone groups is 1. The summed E-state index contributed by atoms with van der Waals surface area (Å²) in [7, 11) is 0. The van der Waals surface area contributed by atoms with Crippen LogP contribution in [0.3, 0.4) is 0 Å². The van der Waals surface area contributed by atoms with Gasteiger partial charge in [0.05, 0.1) is 17.8 Å². The molecule has 1 amide bonds. The fourth-order valence-corrected chi connectivity index (χ4v) is 2.59. The smallest absolute Gasteiger partial charge is 0.273 e. The lowest BCUT2D eigenvalue weighted by Crippen LogP contribution is -2.31. The minimum Gasteiger partial charge on any atom is -0.508 e. The number of hydrogen-bond acceptors (Lipinski definition) is 4. The van der Waals surface area contributed by atoms with Gasteiger partial charge < -0.3 is 10.4 Å². The van der Waals surface area contributed by atoms with Crippen LogP contribution in [0.25, 0.3) is 0 Å². The Bertz CT molecular complexity index is 607. The Hall–Kier alpha value is -2.30. The number of carbonyl (C=O) groups excluding carboxylic acids is 1. The highest BCUT2D eigenvalue weighted by Gasteiger charge is 2.37. The van der Waals surface area contributed by atoms with Crippen LogP contribution in [0.4, 0.5) is 0 Å². The lowest BCUT2D eigenvalue weighted by molar-refractivity contribution is -0.118. The van der Waals surface area contributed by atoms with Gasteiger partial charge in [0, 0.05) is 6.42 Å². The monoisotopic (exact) mass is 271 g/mol. The molecule has 0 bridgehead atoms. The van der Waals surface area contributed by atoms with Crippen LogP contribution in [-0.4, -0.2) is 33.8 Å². The van der Waals surface area contributed by atoms with Gasteiger partial charge >= 0.3 is 0 Å². The Morgan fingerprint density at radius 1 is 1.30 bits per heavy atom. The van der Waals surface area contributed by atoms with Gasteiger partial charge in [0.15, 0.2) is 5.70 Å². The van der Waals surface area contributed by atoms with Crippen molar-refractivity contribution in [3.8, 4) is 0 Å². The topological polar surface area (TPSA) is 64.9 Å². The molecular formula is C15H17N3O2. The molecule has 1 aromatic rings. The van der Waals surface area contributed by atoms with E-state index in [1.54, 1.807) is 11.9 Å². The molecule has 3 rings (SSSR count). The predicted octanol–water partition coefficient (Wildman–Crippen LogP) is 1.77. The summed E-state index contributed by atoms with van der Waals surface area (Å²) in [6, 6.07) is 9.60. The normalized spacial score (nSPS) is 26.0. The number of rotatable bonds is 2. The molecule has 0 fully saturated rings. The number of hydrogen-bond donors (Lipinski definition) is 2. The van der Waals surface area contributed by atoms with Crippen LogP contribution in [0.1, 0.15) is 25.8 Å². The summed E-state index contributed by atoms with van der Waals surface area (Å²) < 4.78 is 0. The van der Waals surface area contributed by atoms with Crippen LogP contribution in [0.15, 0.2) is 46.9 Å². The summed E-state index contributed by atoms with van der Waals surface area (Å²) in [6.07, 6.45) is 0.752. The Kier molecular flexibility index (Phi) is 2.97. The van der Waals surface area contributed by atoms with Crippen LogP contribution in [0.2, 0.25) is 0 Å². The fourth-order valence-electron chi connectivity index (χ4n) is 2.59. The van der Waals surface area contributed by atoms with Crippen molar-refractivity contribution in [1.29, 1.82) is 0 Å². The van der Waals surface area contributed by atoms with E-state index in [9.17, 15) is 9.90 Å². The maximum Gasteiger partial charge on any atom is 0.273 e. The Morgan fingerprint density at radius 3 is 2.60 bits per heavy atom. The quantitative estimate of drug-likeness (QED) is 0.861. The van der Waals surface area contributed by atoms with Crippen molar-refractivity contribution in [3.05, 3.63) is 47.4 Å². The second-order valence-corrected chi connectivity index (χ2v) is 5.24. The average molecular weight is 271 g/mol. The minimum absolute atomic E-state index is 0.0541. The number of nitrogens with zero attached hydrogens (tertiary/aromatic N) is 2. The first-order chi connectivity index (χ1) is 9.58. The molecule has 5 nitrogen and oxygen atoms in total. The molecule has 0 saturated heterocycles. The third kappa shape index (κ3) is 1.95. The van der Waals surface area contributed by atoms with E-state index in [1.165, 1.54) is 0 Å². The summed E-state index contributed by atoms with van der Waals surface area (Å²) >= 11 is 0. The molecule has 0 radical (unpaired) electrons. The van der Waals surface area contributed by atoms with Crippen LogP contribution in [0.5, 0.6) is 0 Å². The van der Waals surface area contributed by atoms with Gasteiger partial charge in [0.25, 0.3) is 5.91 Å². The maximum atomic E-state index is 11.9. The summed E-state index contributed by atoms with van der Waals surface area (Å²) in [6.45, 7) is 3.75. The zero-order valence-electron chi connectivity index (χ0n) is 11.5. The largest absolute Gasteiger partial charge is 0.508 e. The van der Waals surface area contributed by atoms with E-state index in [0.29, 0.717) is 0 Å². The van der Waals surface area contributed by atoms with Crippen molar-refractivity contribution in [2.24, 2.45) is 5.10 Å². The molecule has 1 aromatic carbocycles. The molecule has 0 aliphatic carbocycles. The SMILES string of the molecule is CC1NC(=O)C(N2N=C(c3ccccc3)CC2C)=C1O. The van der Waals surface area contributed by atoms with E-state index >= 15 is 0 Å². The van der Waals surface area contributed by atoms with E-state index in [-0.39, 0.29) is 29.4 Å². The van der Waals surface area contributed by atoms with Gasteiger partial charge in [-0.1, -0.05) is 30.3 Å². The third-order valence-corrected chi connectivity index (χ3v) is 3.69. The van der Waals surface area contributed by atoms with Crippen LogP contribution < -0.4 is 5.32 Å². The fraction of sp³-hybridized carbons (Fsp3) is 0.333. The molecule has 0 aromatic heterocycles. The molecule has 5 heteroatoms. The van der Waals surface area contributed by atoms with E-state index in [0.717, 1.165) is 17.7 Å². The van der Waals surface area contributed by atoms with Crippen molar-refractivity contribution in [3.63, 3.8) is 0 Å². The number of benzene rings is 1. The molecule has 2 aliphatic rings. The highest BCUT2D eigenvalue weighted by atomic mass is 16.3. The first-order valence-corrected chi connectivity index (χ1v) is 6.74. The standard InChI is InChI=1S/C15H17N3O2/c1-9-8-12(11-6-4-3-5-7-11)17-18(9)13-14(19)10(2)16-15(13)20/h3-7,9-10,19H,8H2,1-2H3,(H,16,20). The average Bonchev–Trinajstić information content (AvgIpc) is 2.92. The first kappa shape index (κ1) is 12.7. The number of aliphatic hydroxyl groups is 1. The second kappa shape index (κ2) is 4.67. The minimum atomic E-state index is -0.347. The lowest BCUT2D eigenvalue weighted by atomic mass is 10.1. The summed E-state index contributed by atoms with van der Waals surface area (Å²) in [4.78, 5) is 11.9. The number of nitrogens with one attached hydrogen (secondary N) is 1. The van der Waals surface area contributed by atoms with Crippen molar-refractivity contribution in [2.45, 2.75) is 32.4 Å². The van der Waals surface area contributed by atoms with Crippen molar-refractivity contribution >= 4 is 11.6 Å². The molecular weight excluding hydrogens is 254 g/mol. The number of amides is 1. The maximum absolute atomic E-state index is 11.9. The van der Waals surface area contributed by atoms with Crippen LogP contribution >= 0.6 is 0 Å². The Morgan fingerprint density at radius 2 is 2.00 bits per heavy atom. The lowest BCUT2D eigenvalue weighted by Gasteiger charge is -2.19. The first-order valence-electron chi connectivity index (χ1n) is 6.74. The molecule has 0 spiro atoms. The van der Waals surface area contributed by atoms with Gasteiger partial charge in [-0.2, -0.15) is 5.10 Å². The van der Waals surface area contributed by atoms with Gasteiger partial charge in [-0.05, 0) is 19.4 Å². The van der Waals surface area contributed by atoms with Gasteiger partial charge in [0.2, 0.25) is 0 Å². The predicted molar refractivity (Wildman–Crippen MR) is 76.2 cm³/mol. The third-order valence-electron chi connectivity index (χ3n) is 3.69. The van der Waals surface area contributed by atoms with E-state index in [2.05, 4.69) is 10.4 Å². The Balaban J connectivity index is 1.96. The molecule has 20 heavy (non-hydrogen) atoms. The molecule has 2 heterocycles. The van der Waals surface area contributed by atoms with E-state index < -0.39 is 0 Å². The molecule has 2 aliphatic heterocycles. The second-order valence-electron chi connectivity index (χ2n) is 5.24. The summed E-state index contributed by atoms with van der Waals surface area (Å²) in [5.41, 5.74) is 2.26. The van der Waals surface area contributed by atoms with Gasteiger partial charge in [-0.15, -0.1) is 0 Å². The number of aliphatic hydroxyl groups excluding tert-OH is 1. The molecule has 2 atom stereocenters. The highest BCUT2D eigenvalue weighted by molar-refractivity contribution is 6.03. The zero-order valence-corrected chi connectivity index (χ0v) is 11.5. The van der Waals surface area contributed by atoms with Crippen molar-refractivity contribution in [1.82, 2.24) is 10.3 Å². The zero-order chi connectivity index (χ0) is 14.3. The summed E-state index contributed by atoms with van der Waals surface area (Å²) in [5.74, 6) is -0.195. The number of carbonyl (C=O) groups is 1. The van der Waals surface area contributed by atoms with Crippen LogP contribution in [-0.2, 0) is 4.79 Å². The van der Waals surface area contributed by atoms with Crippen molar-refractivity contribution in [2.75, 3.05) is 0 Å². The van der Waals surface area contributed by atoms with Gasteiger partial charge in [0.1, 0.15) is 5.76 Å². The van der Waals surface area contributed by atoms with Crippen molar-refractivity contribution < 1.29 is 9.90 Å². The van der Waals surface area contributed by atoms with E-state index in [1.807, 2.05) is 37.3 Å². The highest BCUT2D eigenvalue weighted by Crippen LogP contribution is 2.28. The van der Waals surface area contributed by atoms with Gasteiger partial charge in [-0.3, -0.25) is 9.80 Å². The summed E-state index contributed by atoms with van der Waals surface area (Å²) in [5, 5.41) is 18.9. The molecule has 0 saturated carbocycles. The van der Waals surface area contributed by atoms with Crippen LogP contribution in [0, 0.1) is 0 Å². The molecule has 104 valence electrons. The van der Waals surface area contributed by atoms with E-state index in [4.69, 9.17) is 0 Å². The Labute approximate surface area is 117 Å². The molecule has 2 N–H and O–H groups in total.